The van der Waals surface area contributed by atoms with E-state index in [0.29, 0.717) is 5.56 Å². The Hall–Kier alpha value is -4.03. The summed E-state index contributed by atoms with van der Waals surface area (Å²) in [5.74, 6) is 0.563. The van der Waals surface area contributed by atoms with E-state index in [2.05, 4.69) is 20.6 Å². The molecule has 1 aromatic heterocycles. The highest BCUT2D eigenvalue weighted by Gasteiger charge is 2.11. The number of nitrogens with one attached hydrogen (secondary N) is 3. The van der Waals surface area contributed by atoms with Gasteiger partial charge in [0, 0.05) is 16.8 Å². The normalized spacial score (nSPS) is 10.8. The lowest BCUT2D eigenvalue weighted by Gasteiger charge is -2.11. The topological polar surface area (TPSA) is 69.8 Å². The number of H-pyrrole nitrogens is 1. The van der Waals surface area contributed by atoms with E-state index >= 15 is 0 Å². The van der Waals surface area contributed by atoms with Gasteiger partial charge in [-0.25, -0.2) is 4.98 Å². The van der Waals surface area contributed by atoms with Crippen molar-refractivity contribution in [3.63, 3.8) is 0 Å². The zero-order valence-electron chi connectivity index (χ0n) is 16.4. The molecule has 1 amide bonds. The van der Waals surface area contributed by atoms with E-state index in [1.54, 1.807) is 6.07 Å². The van der Waals surface area contributed by atoms with Gasteiger partial charge in [0.1, 0.15) is 5.82 Å². The van der Waals surface area contributed by atoms with Crippen molar-refractivity contribution in [3.05, 3.63) is 96.6 Å². The van der Waals surface area contributed by atoms with Gasteiger partial charge in [-0.15, -0.1) is 0 Å². The van der Waals surface area contributed by atoms with E-state index in [-0.39, 0.29) is 11.0 Å². The standard InChI is InChI=1S/C25H18N4OS/c30-24(20-9-5-7-16-6-1-2-8-19(16)20)29-25(31)26-18-14-12-17(13-15-18)23-27-21-10-3-4-11-22(21)28-23/h1-15H,(H,27,28)(H2,26,29,30,31). The molecule has 5 rings (SSSR count). The molecule has 0 radical (unpaired) electrons. The number of aromatic nitrogens is 2. The zero-order chi connectivity index (χ0) is 21.2. The molecule has 0 fully saturated rings. The molecule has 5 aromatic rings. The fraction of sp³-hybridized carbons (Fsp3) is 0. The molecule has 0 saturated carbocycles. The lowest BCUT2D eigenvalue weighted by atomic mass is 10.0. The molecule has 0 aliphatic heterocycles. The molecule has 0 atom stereocenters. The maximum atomic E-state index is 12.7. The van der Waals surface area contributed by atoms with Crippen LogP contribution in [0.2, 0.25) is 0 Å². The maximum absolute atomic E-state index is 12.7. The average molecular weight is 423 g/mol. The van der Waals surface area contributed by atoms with E-state index < -0.39 is 0 Å². The van der Waals surface area contributed by atoms with Crippen molar-refractivity contribution in [2.45, 2.75) is 0 Å². The van der Waals surface area contributed by atoms with Crippen LogP contribution in [0.15, 0.2) is 91.0 Å². The highest BCUT2D eigenvalue weighted by atomic mass is 32.1. The molecule has 5 nitrogen and oxygen atoms in total. The van der Waals surface area contributed by atoms with Gasteiger partial charge in [-0.2, -0.15) is 0 Å². The molecule has 0 bridgehead atoms. The van der Waals surface area contributed by atoms with Gasteiger partial charge in [0.2, 0.25) is 0 Å². The second-order valence-electron chi connectivity index (χ2n) is 7.11. The number of imidazole rings is 1. The summed E-state index contributed by atoms with van der Waals surface area (Å²) in [5.41, 5.74) is 4.26. The summed E-state index contributed by atoms with van der Waals surface area (Å²) in [4.78, 5) is 20.7. The summed E-state index contributed by atoms with van der Waals surface area (Å²) >= 11 is 5.34. The Labute approximate surface area is 184 Å². The predicted octanol–water partition coefficient (Wildman–Crippen LogP) is 5.51. The summed E-state index contributed by atoms with van der Waals surface area (Å²) < 4.78 is 0. The van der Waals surface area contributed by atoms with Crippen molar-refractivity contribution in [1.82, 2.24) is 15.3 Å². The number of nitrogens with zero attached hydrogens (tertiary/aromatic N) is 1. The monoisotopic (exact) mass is 422 g/mol. The third kappa shape index (κ3) is 3.89. The number of hydrogen-bond donors (Lipinski definition) is 3. The van der Waals surface area contributed by atoms with E-state index in [0.717, 1.165) is 38.9 Å². The van der Waals surface area contributed by atoms with Crippen LogP contribution in [0, 0.1) is 0 Å². The first-order chi connectivity index (χ1) is 15.2. The van der Waals surface area contributed by atoms with Crippen molar-refractivity contribution in [1.29, 1.82) is 0 Å². The van der Waals surface area contributed by atoms with Crippen LogP contribution in [0.25, 0.3) is 33.2 Å². The van der Waals surface area contributed by atoms with Gasteiger partial charge >= 0.3 is 0 Å². The number of aromatic amines is 1. The minimum atomic E-state index is -0.242. The number of carbonyl (C=O) groups excluding carboxylic acids is 1. The highest BCUT2D eigenvalue weighted by Crippen LogP contribution is 2.22. The molecule has 0 spiro atoms. The lowest BCUT2D eigenvalue weighted by Crippen LogP contribution is -2.34. The second kappa shape index (κ2) is 8.01. The molecule has 0 unspecified atom stereocenters. The van der Waals surface area contributed by atoms with Crippen molar-refractivity contribution >= 4 is 50.7 Å². The van der Waals surface area contributed by atoms with Gasteiger partial charge in [-0.1, -0.05) is 48.5 Å². The summed E-state index contributed by atoms with van der Waals surface area (Å²) in [5, 5.41) is 7.97. The minimum absolute atomic E-state index is 0.242. The molecule has 150 valence electrons. The molecule has 0 aliphatic carbocycles. The van der Waals surface area contributed by atoms with Crippen LogP contribution in [0.4, 0.5) is 5.69 Å². The average Bonchev–Trinajstić information content (AvgIpc) is 3.23. The number of benzene rings is 4. The Kier molecular flexibility index (Phi) is 4.90. The number of rotatable bonds is 3. The molecule has 1 heterocycles. The Balaban J connectivity index is 1.28. The largest absolute Gasteiger partial charge is 0.338 e. The van der Waals surface area contributed by atoms with Gasteiger partial charge in [-0.3, -0.25) is 10.1 Å². The van der Waals surface area contributed by atoms with E-state index in [1.807, 2.05) is 84.9 Å². The van der Waals surface area contributed by atoms with Crippen molar-refractivity contribution in [3.8, 4) is 11.4 Å². The minimum Gasteiger partial charge on any atom is -0.338 e. The number of fused-ring (bicyclic) bond motifs is 2. The van der Waals surface area contributed by atoms with E-state index in [4.69, 9.17) is 12.2 Å². The Morgan fingerprint density at radius 3 is 2.42 bits per heavy atom. The number of thiocarbonyl (C=S) groups is 1. The molecule has 0 aliphatic rings. The summed E-state index contributed by atoms with van der Waals surface area (Å²) in [6.45, 7) is 0. The zero-order valence-corrected chi connectivity index (χ0v) is 17.2. The number of amides is 1. The van der Waals surface area contributed by atoms with Crippen LogP contribution in [-0.4, -0.2) is 21.0 Å². The summed E-state index contributed by atoms with van der Waals surface area (Å²) in [7, 11) is 0. The first-order valence-electron chi connectivity index (χ1n) is 9.83. The van der Waals surface area contributed by atoms with Crippen LogP contribution in [0.5, 0.6) is 0 Å². The fourth-order valence-electron chi connectivity index (χ4n) is 3.56. The van der Waals surface area contributed by atoms with Crippen LogP contribution in [0.3, 0.4) is 0 Å². The second-order valence-corrected chi connectivity index (χ2v) is 7.52. The van der Waals surface area contributed by atoms with Gasteiger partial charge in [0.05, 0.1) is 11.0 Å². The first-order valence-corrected chi connectivity index (χ1v) is 10.2. The lowest BCUT2D eigenvalue weighted by molar-refractivity contribution is 0.0979. The summed E-state index contributed by atoms with van der Waals surface area (Å²) in [6, 6.07) is 29.0. The van der Waals surface area contributed by atoms with Crippen LogP contribution in [-0.2, 0) is 0 Å². The Bertz CT molecular complexity index is 1380. The molecular formula is C25H18N4OS. The molecule has 4 aromatic carbocycles. The fourth-order valence-corrected chi connectivity index (χ4v) is 3.77. The smallest absolute Gasteiger partial charge is 0.258 e. The summed E-state index contributed by atoms with van der Waals surface area (Å²) in [6.07, 6.45) is 0. The third-order valence-electron chi connectivity index (χ3n) is 5.07. The van der Waals surface area contributed by atoms with E-state index in [9.17, 15) is 4.79 Å². The van der Waals surface area contributed by atoms with Crippen LogP contribution < -0.4 is 10.6 Å². The van der Waals surface area contributed by atoms with Crippen LogP contribution in [0.1, 0.15) is 10.4 Å². The highest BCUT2D eigenvalue weighted by molar-refractivity contribution is 7.80. The van der Waals surface area contributed by atoms with Gasteiger partial charge < -0.3 is 10.3 Å². The number of carbonyl (C=O) groups is 1. The van der Waals surface area contributed by atoms with Crippen molar-refractivity contribution < 1.29 is 4.79 Å². The maximum Gasteiger partial charge on any atom is 0.258 e. The van der Waals surface area contributed by atoms with Crippen LogP contribution >= 0.6 is 12.2 Å². The number of para-hydroxylation sites is 2. The van der Waals surface area contributed by atoms with Gasteiger partial charge in [0.15, 0.2) is 5.11 Å². The van der Waals surface area contributed by atoms with Crippen molar-refractivity contribution in [2.24, 2.45) is 0 Å². The molecular weight excluding hydrogens is 404 g/mol. The Morgan fingerprint density at radius 1 is 0.839 bits per heavy atom. The number of hydrogen-bond acceptors (Lipinski definition) is 3. The quantitative estimate of drug-likeness (QED) is 0.335. The Morgan fingerprint density at radius 2 is 1.58 bits per heavy atom. The molecule has 3 N–H and O–H groups in total. The molecule has 6 heteroatoms. The van der Waals surface area contributed by atoms with Gasteiger partial charge in [-0.05, 0) is 65.5 Å². The SMILES string of the molecule is O=C(NC(=S)Nc1ccc(-c2nc3ccccc3[nH]2)cc1)c1cccc2ccccc12. The molecule has 31 heavy (non-hydrogen) atoms. The third-order valence-corrected chi connectivity index (χ3v) is 5.27. The molecule has 0 saturated heterocycles. The van der Waals surface area contributed by atoms with Gasteiger partial charge in [0.25, 0.3) is 5.91 Å². The first kappa shape index (κ1) is 19.0. The van der Waals surface area contributed by atoms with E-state index in [1.165, 1.54) is 0 Å². The number of anilines is 1. The van der Waals surface area contributed by atoms with Crippen molar-refractivity contribution in [2.75, 3.05) is 5.32 Å². The predicted molar refractivity (Wildman–Crippen MR) is 129 cm³/mol.